The summed E-state index contributed by atoms with van der Waals surface area (Å²) in [4.78, 5) is 13.7. The monoisotopic (exact) mass is 687 g/mol. The molecule has 2 nitrogen and oxygen atoms in total. The molecule has 274 valence electrons. The van der Waals surface area contributed by atoms with Crippen LogP contribution in [0.2, 0.25) is 0 Å². The molecule has 0 saturated heterocycles. The average molecular weight is 687 g/mol. The second kappa shape index (κ2) is 20.4. The number of rotatable bonds is 20. The fraction of sp³-hybridized carbons (Fsp3) is 0.490. The van der Waals surface area contributed by atoms with Crippen LogP contribution < -0.4 is 0 Å². The first kappa shape index (κ1) is 40.1. The van der Waals surface area contributed by atoms with E-state index in [0.29, 0.717) is 11.7 Å². The van der Waals surface area contributed by atoms with E-state index in [-0.39, 0.29) is 23.5 Å². The molecular formula is C49H66O2. The zero-order chi connectivity index (χ0) is 36.8. The summed E-state index contributed by atoms with van der Waals surface area (Å²) in [5, 5.41) is 11.4. The van der Waals surface area contributed by atoms with Crippen LogP contribution in [-0.2, 0) is 11.2 Å². The molecule has 4 rings (SSSR count). The lowest BCUT2D eigenvalue weighted by atomic mass is 9.77. The molecule has 0 amide bonds. The number of aryl methyl sites for hydroxylation is 1. The molecule has 0 aromatic heterocycles. The van der Waals surface area contributed by atoms with Crippen molar-refractivity contribution in [2.24, 2.45) is 5.92 Å². The molecular weight excluding hydrogens is 621 g/mol. The number of hydrogen-bond acceptors (Lipinski definition) is 2. The van der Waals surface area contributed by atoms with Crippen molar-refractivity contribution in [1.82, 2.24) is 0 Å². The second-order valence-corrected chi connectivity index (χ2v) is 15.5. The van der Waals surface area contributed by atoms with Gasteiger partial charge in [-0.25, -0.2) is 0 Å². The predicted molar refractivity (Wildman–Crippen MR) is 219 cm³/mol. The highest BCUT2D eigenvalue weighted by Gasteiger charge is 2.26. The highest BCUT2D eigenvalue weighted by molar-refractivity contribution is 6.07. The third kappa shape index (κ3) is 11.2. The molecule has 4 unspecified atom stereocenters. The highest BCUT2D eigenvalue weighted by atomic mass is 16.3. The first-order valence-electron chi connectivity index (χ1n) is 20.3. The van der Waals surface area contributed by atoms with E-state index in [4.69, 9.17) is 0 Å². The van der Waals surface area contributed by atoms with Gasteiger partial charge >= 0.3 is 0 Å². The smallest absolute Gasteiger partial charge is 0.182 e. The molecule has 1 aliphatic carbocycles. The van der Waals surface area contributed by atoms with E-state index >= 15 is 0 Å². The molecule has 0 heterocycles. The van der Waals surface area contributed by atoms with Gasteiger partial charge in [-0.2, -0.15) is 0 Å². The van der Waals surface area contributed by atoms with Crippen LogP contribution in [-0.4, -0.2) is 10.9 Å². The predicted octanol–water partition coefficient (Wildman–Crippen LogP) is 14.1. The van der Waals surface area contributed by atoms with E-state index in [1.54, 1.807) is 0 Å². The third-order valence-electron chi connectivity index (χ3n) is 11.5. The van der Waals surface area contributed by atoms with Gasteiger partial charge in [0.2, 0.25) is 0 Å². The molecule has 0 saturated carbocycles. The number of allylic oxidation sites excluding steroid dienone is 6. The van der Waals surface area contributed by atoms with Crippen molar-refractivity contribution >= 4 is 5.78 Å². The Kier molecular flexibility index (Phi) is 16.1. The Morgan fingerprint density at radius 1 is 0.627 bits per heavy atom. The van der Waals surface area contributed by atoms with E-state index < -0.39 is 0 Å². The van der Waals surface area contributed by atoms with Crippen LogP contribution in [0.25, 0.3) is 0 Å². The lowest BCUT2D eigenvalue weighted by Gasteiger charge is -2.26. The van der Waals surface area contributed by atoms with E-state index in [9.17, 15) is 9.90 Å². The largest absolute Gasteiger partial charge is 0.508 e. The van der Waals surface area contributed by atoms with Crippen LogP contribution in [0.3, 0.4) is 0 Å². The van der Waals surface area contributed by atoms with Crippen LogP contribution >= 0.6 is 0 Å². The topological polar surface area (TPSA) is 37.3 Å². The van der Waals surface area contributed by atoms with Crippen LogP contribution in [0.15, 0.2) is 107 Å². The number of carbonyl (C=O) groups excluding carboxylic acids is 1. The number of unbranched alkanes of at least 4 members (excludes halogenated alkanes) is 6. The third-order valence-corrected chi connectivity index (χ3v) is 11.5. The summed E-state index contributed by atoms with van der Waals surface area (Å²) in [6, 6.07) is 25.7. The van der Waals surface area contributed by atoms with Crippen molar-refractivity contribution in [1.29, 1.82) is 0 Å². The maximum absolute atomic E-state index is 13.7. The summed E-state index contributed by atoms with van der Waals surface area (Å²) in [7, 11) is 0. The Morgan fingerprint density at radius 3 is 1.78 bits per heavy atom. The van der Waals surface area contributed by atoms with Gasteiger partial charge in [0.1, 0.15) is 5.75 Å². The fourth-order valence-corrected chi connectivity index (χ4v) is 7.99. The Bertz CT molecular complexity index is 1620. The molecule has 1 aliphatic rings. The number of benzene rings is 3. The van der Waals surface area contributed by atoms with Gasteiger partial charge in [-0.3, -0.25) is 4.79 Å². The van der Waals surface area contributed by atoms with Crippen molar-refractivity contribution in [3.05, 3.63) is 135 Å². The summed E-state index contributed by atoms with van der Waals surface area (Å²) in [5.74, 6) is 1.53. The van der Waals surface area contributed by atoms with Gasteiger partial charge in [0, 0.05) is 17.4 Å². The Hall–Kier alpha value is -3.65. The quantitative estimate of drug-likeness (QED) is 0.120. The van der Waals surface area contributed by atoms with Gasteiger partial charge in [-0.1, -0.05) is 165 Å². The highest BCUT2D eigenvalue weighted by Crippen LogP contribution is 2.40. The lowest BCUT2D eigenvalue weighted by Crippen LogP contribution is -2.17. The standard InChI is InChI=1S/C49H66O2/c1-8-10-12-16-23-36(4)44-31-42(46(33-48(44)50)38(6)40-26-18-14-19-27-40)30-22-25-35(3)43-32-45(37(5)24-17-13-11-9-2)49(51)34-47(43)39(7)41-28-20-15-21-29-41/h14-15,18-21,26-29,31-34,36-39,50H,8-13,16-17,22-25,30H2,1-7H3. The van der Waals surface area contributed by atoms with E-state index in [0.717, 1.165) is 48.8 Å². The molecule has 0 aliphatic heterocycles. The number of carbonyl (C=O) groups is 1. The molecule has 3 aromatic carbocycles. The fourth-order valence-electron chi connectivity index (χ4n) is 7.99. The first-order chi connectivity index (χ1) is 24.7. The van der Waals surface area contributed by atoms with Crippen molar-refractivity contribution in [3.8, 4) is 5.75 Å². The molecule has 4 atom stereocenters. The van der Waals surface area contributed by atoms with Gasteiger partial charge in [0.05, 0.1) is 0 Å². The molecule has 1 N–H and O–H groups in total. The number of aromatic hydroxyl groups is 1. The maximum Gasteiger partial charge on any atom is 0.182 e. The zero-order valence-electron chi connectivity index (χ0n) is 32.9. The van der Waals surface area contributed by atoms with Crippen LogP contribution in [0.4, 0.5) is 0 Å². The summed E-state index contributed by atoms with van der Waals surface area (Å²) >= 11 is 0. The van der Waals surface area contributed by atoms with Gasteiger partial charge in [-0.05, 0) is 108 Å². The lowest BCUT2D eigenvalue weighted by molar-refractivity contribution is -0.111. The minimum atomic E-state index is 0.134. The SMILES string of the molecule is CCCCCCC(C)C1=CC(=C(C)CCCc2cc(C(C)CCCCCC)c(O)cc2C(C)c2ccccc2)C(C(C)c2ccccc2)=CC1=O. The summed E-state index contributed by atoms with van der Waals surface area (Å²) in [5.41, 5.74) is 10.9. The molecule has 0 fully saturated rings. The Labute approximate surface area is 311 Å². The number of phenols is 1. The number of phenolic OH excluding ortho intramolecular Hbond substituents is 1. The van der Waals surface area contributed by atoms with Gasteiger partial charge < -0.3 is 5.11 Å². The minimum absolute atomic E-state index is 0.134. The van der Waals surface area contributed by atoms with E-state index in [1.807, 2.05) is 6.08 Å². The number of ketones is 1. The molecule has 2 heteroatoms. The molecule has 0 spiro atoms. The maximum atomic E-state index is 13.7. The van der Waals surface area contributed by atoms with Crippen molar-refractivity contribution in [2.75, 3.05) is 0 Å². The Morgan fingerprint density at radius 2 is 1.20 bits per heavy atom. The summed E-state index contributed by atoms with van der Waals surface area (Å²) in [6.45, 7) is 15.8. The van der Waals surface area contributed by atoms with Crippen molar-refractivity contribution in [2.45, 2.75) is 150 Å². The molecule has 0 bridgehead atoms. The average Bonchev–Trinajstić information content (AvgIpc) is 3.15. The van der Waals surface area contributed by atoms with Gasteiger partial charge in [0.15, 0.2) is 5.78 Å². The molecule has 0 radical (unpaired) electrons. The van der Waals surface area contributed by atoms with Gasteiger partial charge in [0.25, 0.3) is 0 Å². The van der Waals surface area contributed by atoms with E-state index in [2.05, 4.69) is 127 Å². The normalized spacial score (nSPS) is 16.6. The van der Waals surface area contributed by atoms with Crippen molar-refractivity contribution in [3.63, 3.8) is 0 Å². The van der Waals surface area contributed by atoms with Gasteiger partial charge in [-0.15, -0.1) is 0 Å². The Balaban J connectivity index is 1.64. The molecule has 3 aromatic rings. The van der Waals surface area contributed by atoms with Crippen LogP contribution in [0.5, 0.6) is 5.75 Å². The summed E-state index contributed by atoms with van der Waals surface area (Å²) < 4.78 is 0. The van der Waals surface area contributed by atoms with Crippen LogP contribution in [0, 0.1) is 5.92 Å². The van der Waals surface area contributed by atoms with E-state index in [1.165, 1.54) is 84.8 Å². The van der Waals surface area contributed by atoms with Crippen LogP contribution in [0.1, 0.15) is 171 Å². The van der Waals surface area contributed by atoms with Crippen molar-refractivity contribution < 1.29 is 9.90 Å². The number of hydrogen-bond donors (Lipinski definition) is 1. The molecule has 51 heavy (non-hydrogen) atoms. The second-order valence-electron chi connectivity index (χ2n) is 15.5. The summed E-state index contributed by atoms with van der Waals surface area (Å²) in [6.07, 6.45) is 19.2. The minimum Gasteiger partial charge on any atom is -0.508 e. The zero-order valence-corrected chi connectivity index (χ0v) is 32.9. The first-order valence-corrected chi connectivity index (χ1v) is 20.3.